The van der Waals surface area contributed by atoms with Gasteiger partial charge in [0.2, 0.25) is 10.0 Å². The van der Waals surface area contributed by atoms with Crippen molar-refractivity contribution in [1.29, 1.82) is 0 Å². The molecule has 0 aliphatic carbocycles. The smallest absolute Gasteiger partial charge is 0.416 e. The van der Waals surface area contributed by atoms with Gasteiger partial charge in [0.25, 0.3) is 5.69 Å². The molecule has 0 bridgehead atoms. The zero-order valence-corrected chi connectivity index (χ0v) is 16.6. The van der Waals surface area contributed by atoms with E-state index in [1.54, 1.807) is 0 Å². The third-order valence-electron chi connectivity index (χ3n) is 3.31. The lowest BCUT2D eigenvalue weighted by atomic mass is 10.2. The average Bonchev–Trinajstić information content (AvgIpc) is 2.54. The van der Waals surface area contributed by atoms with Crippen LogP contribution in [-0.2, 0) is 16.2 Å². The van der Waals surface area contributed by atoms with Crippen LogP contribution in [-0.4, -0.2) is 30.4 Å². The summed E-state index contributed by atoms with van der Waals surface area (Å²) in [5.74, 6) is -0.0763. The van der Waals surface area contributed by atoms with E-state index in [0.29, 0.717) is 18.0 Å². The molecule has 0 saturated heterocycles. The molecule has 0 spiro atoms. The van der Waals surface area contributed by atoms with Gasteiger partial charge in [0.1, 0.15) is 16.4 Å². The summed E-state index contributed by atoms with van der Waals surface area (Å²) < 4.78 is 67.4. The molecule has 0 atom stereocenters. The summed E-state index contributed by atoms with van der Waals surface area (Å²) in [5, 5.41) is 10.9. The zero-order valence-electron chi connectivity index (χ0n) is 14.2. The standard InChI is InChI=1S/C15H12ClF3N2O5S2/c1-20(28(2,24)25)27-14-8-10(4-5-12(14)21(22)23)26-13-6-3-9(7-11(13)16)15(17,18)19/h3-8H,1-2H3. The Kier molecular flexibility index (Phi) is 6.48. The number of nitro groups is 1. The predicted molar refractivity (Wildman–Crippen MR) is 98.1 cm³/mol. The number of nitro benzene ring substituents is 1. The van der Waals surface area contributed by atoms with Gasteiger partial charge in [-0.25, -0.2) is 8.42 Å². The van der Waals surface area contributed by atoms with E-state index in [-0.39, 0.29) is 27.1 Å². The third kappa shape index (κ3) is 5.50. The van der Waals surface area contributed by atoms with E-state index in [2.05, 4.69) is 0 Å². The molecule has 152 valence electrons. The molecular formula is C15H12ClF3N2O5S2. The van der Waals surface area contributed by atoms with Crippen LogP contribution in [0.1, 0.15) is 5.56 Å². The van der Waals surface area contributed by atoms with Crippen molar-refractivity contribution in [3.05, 3.63) is 57.1 Å². The first-order chi connectivity index (χ1) is 12.8. The fraction of sp³-hybridized carbons (Fsp3) is 0.200. The van der Waals surface area contributed by atoms with Crippen LogP contribution in [0.2, 0.25) is 5.02 Å². The number of nitrogens with zero attached hydrogens (tertiary/aromatic N) is 2. The normalized spacial score (nSPS) is 12.2. The number of halogens is 4. The zero-order chi connectivity index (χ0) is 21.3. The number of benzene rings is 2. The fourth-order valence-electron chi connectivity index (χ4n) is 1.87. The van der Waals surface area contributed by atoms with E-state index >= 15 is 0 Å². The molecule has 7 nitrogen and oxygen atoms in total. The largest absolute Gasteiger partial charge is 0.456 e. The van der Waals surface area contributed by atoms with Crippen molar-refractivity contribution >= 4 is 39.3 Å². The number of hydrogen-bond donors (Lipinski definition) is 0. The first-order valence-electron chi connectivity index (χ1n) is 7.24. The van der Waals surface area contributed by atoms with E-state index in [0.717, 1.165) is 28.2 Å². The SMILES string of the molecule is CN(Sc1cc(Oc2ccc(C(F)(F)F)cc2Cl)ccc1[N+](=O)[O-])S(C)(=O)=O. The molecule has 2 aromatic rings. The molecule has 0 heterocycles. The van der Waals surface area contributed by atoms with Gasteiger partial charge in [-0.15, -0.1) is 3.71 Å². The van der Waals surface area contributed by atoms with Crippen LogP contribution in [0.25, 0.3) is 0 Å². The molecule has 0 N–H and O–H groups in total. The monoisotopic (exact) mass is 456 g/mol. The maximum atomic E-state index is 12.7. The van der Waals surface area contributed by atoms with E-state index in [9.17, 15) is 31.7 Å². The van der Waals surface area contributed by atoms with Gasteiger partial charge in [-0.3, -0.25) is 10.1 Å². The van der Waals surface area contributed by atoms with Gasteiger partial charge in [0, 0.05) is 19.2 Å². The van der Waals surface area contributed by atoms with E-state index in [4.69, 9.17) is 16.3 Å². The summed E-state index contributed by atoms with van der Waals surface area (Å²) in [6, 6.07) is 5.98. The number of alkyl halides is 3. The highest BCUT2D eigenvalue weighted by atomic mass is 35.5. The number of ether oxygens (including phenoxy) is 1. The highest BCUT2D eigenvalue weighted by molar-refractivity contribution is 8.08. The van der Waals surface area contributed by atoms with Crippen LogP contribution < -0.4 is 4.74 Å². The van der Waals surface area contributed by atoms with E-state index < -0.39 is 26.7 Å². The van der Waals surface area contributed by atoms with Crippen molar-refractivity contribution in [2.24, 2.45) is 0 Å². The molecule has 0 fully saturated rings. The molecule has 13 heteroatoms. The maximum absolute atomic E-state index is 12.7. The van der Waals surface area contributed by atoms with Gasteiger partial charge in [-0.2, -0.15) is 13.2 Å². The van der Waals surface area contributed by atoms with Crippen molar-refractivity contribution in [1.82, 2.24) is 3.71 Å². The molecule has 2 rings (SSSR count). The Balaban J connectivity index is 2.37. The number of hydrogen-bond acceptors (Lipinski definition) is 6. The Labute approximate surface area is 167 Å². The molecule has 0 aliphatic rings. The van der Waals surface area contributed by atoms with Gasteiger partial charge >= 0.3 is 6.18 Å². The van der Waals surface area contributed by atoms with Crippen LogP contribution in [0.15, 0.2) is 41.3 Å². The summed E-state index contributed by atoms with van der Waals surface area (Å²) in [4.78, 5) is 10.4. The van der Waals surface area contributed by atoms with Gasteiger partial charge in [0.05, 0.1) is 21.8 Å². The van der Waals surface area contributed by atoms with Gasteiger partial charge in [-0.05, 0) is 36.2 Å². The summed E-state index contributed by atoms with van der Waals surface area (Å²) in [7, 11) is -2.42. The Morgan fingerprint density at radius 3 is 2.36 bits per heavy atom. The quantitative estimate of drug-likeness (QED) is 0.347. The minimum atomic E-state index is -4.57. The summed E-state index contributed by atoms with van der Waals surface area (Å²) >= 11 is 6.41. The Bertz CT molecular complexity index is 1020. The average molecular weight is 457 g/mol. The summed E-state index contributed by atoms with van der Waals surface area (Å²) in [6.45, 7) is 0. The third-order valence-corrected chi connectivity index (χ3v) is 6.36. The minimum absolute atomic E-state index is 0.0247. The lowest BCUT2D eigenvalue weighted by Gasteiger charge is -2.14. The van der Waals surface area contributed by atoms with E-state index in [1.165, 1.54) is 19.2 Å². The number of sulfonamides is 1. The molecule has 0 aromatic heterocycles. The second-order valence-corrected chi connectivity index (χ2v) is 9.22. The van der Waals surface area contributed by atoms with Crippen molar-refractivity contribution in [2.75, 3.05) is 13.3 Å². The molecular weight excluding hydrogens is 445 g/mol. The second-order valence-electron chi connectivity index (χ2n) is 5.40. The van der Waals surface area contributed by atoms with Crippen LogP contribution >= 0.6 is 23.5 Å². The van der Waals surface area contributed by atoms with Gasteiger partial charge < -0.3 is 4.74 Å². The molecule has 0 saturated carbocycles. The van der Waals surface area contributed by atoms with Crippen molar-refractivity contribution in [3.8, 4) is 11.5 Å². The van der Waals surface area contributed by atoms with Gasteiger partial charge in [0.15, 0.2) is 0 Å². The predicted octanol–water partition coefficient (Wildman–Crippen LogP) is 4.96. The van der Waals surface area contributed by atoms with Crippen LogP contribution in [0.3, 0.4) is 0 Å². The molecule has 2 aromatic carbocycles. The van der Waals surface area contributed by atoms with Crippen molar-refractivity contribution < 1.29 is 31.2 Å². The highest BCUT2D eigenvalue weighted by Crippen LogP contribution is 2.39. The Morgan fingerprint density at radius 2 is 1.86 bits per heavy atom. The second kappa shape index (κ2) is 8.15. The van der Waals surface area contributed by atoms with Crippen molar-refractivity contribution in [3.63, 3.8) is 0 Å². The first-order valence-corrected chi connectivity index (χ1v) is 10.2. The molecule has 0 aliphatic heterocycles. The molecule has 0 radical (unpaired) electrons. The number of rotatable bonds is 6. The maximum Gasteiger partial charge on any atom is 0.416 e. The summed E-state index contributed by atoms with van der Waals surface area (Å²) in [5.41, 5.74) is -1.33. The van der Waals surface area contributed by atoms with Crippen LogP contribution in [0.5, 0.6) is 11.5 Å². The lowest BCUT2D eigenvalue weighted by Crippen LogP contribution is -2.18. The Morgan fingerprint density at radius 1 is 1.21 bits per heavy atom. The van der Waals surface area contributed by atoms with Crippen LogP contribution in [0, 0.1) is 10.1 Å². The van der Waals surface area contributed by atoms with E-state index in [1.807, 2.05) is 0 Å². The molecule has 28 heavy (non-hydrogen) atoms. The fourth-order valence-corrected chi connectivity index (χ4v) is 3.56. The minimum Gasteiger partial charge on any atom is -0.456 e. The first kappa shape index (κ1) is 22.3. The highest BCUT2D eigenvalue weighted by Gasteiger charge is 2.31. The summed E-state index contributed by atoms with van der Waals surface area (Å²) in [6.07, 6.45) is -3.65. The Hall–Kier alpha value is -2.02. The van der Waals surface area contributed by atoms with Gasteiger partial charge in [-0.1, -0.05) is 11.6 Å². The lowest BCUT2D eigenvalue weighted by molar-refractivity contribution is -0.387. The molecule has 0 amide bonds. The van der Waals surface area contributed by atoms with Crippen molar-refractivity contribution in [2.45, 2.75) is 11.1 Å². The molecule has 0 unspecified atom stereocenters. The van der Waals surface area contributed by atoms with Crippen LogP contribution in [0.4, 0.5) is 18.9 Å². The topological polar surface area (TPSA) is 89.8 Å².